The molecule has 0 aromatic heterocycles. The Labute approximate surface area is 130 Å². The summed E-state index contributed by atoms with van der Waals surface area (Å²) in [6.45, 7) is 6.22. The van der Waals surface area contributed by atoms with Crippen LogP contribution in [0, 0.1) is 11.6 Å². The summed E-state index contributed by atoms with van der Waals surface area (Å²) < 4.78 is 32.2. The van der Waals surface area contributed by atoms with Crippen molar-refractivity contribution in [3.8, 4) is 0 Å². The van der Waals surface area contributed by atoms with Gasteiger partial charge in [-0.15, -0.1) is 0 Å². The van der Waals surface area contributed by atoms with Gasteiger partial charge in [-0.2, -0.15) is 0 Å². The third-order valence-corrected chi connectivity index (χ3v) is 3.51. The molecule has 0 unspecified atom stereocenters. The van der Waals surface area contributed by atoms with Crippen LogP contribution in [0.1, 0.15) is 20.8 Å². The van der Waals surface area contributed by atoms with E-state index in [1.54, 1.807) is 20.8 Å². The molecule has 4 nitrogen and oxygen atoms in total. The molecule has 1 amide bonds. The summed E-state index contributed by atoms with van der Waals surface area (Å²) >= 11 is 3.12. The molecule has 1 aromatic carbocycles. The topological polar surface area (TPSA) is 41.6 Å². The Hall–Kier alpha value is -1.37. The van der Waals surface area contributed by atoms with E-state index in [-0.39, 0.29) is 17.8 Å². The van der Waals surface area contributed by atoms with Crippen LogP contribution < -0.4 is 5.32 Å². The quantitative estimate of drug-likeness (QED) is 0.870. The van der Waals surface area contributed by atoms with Crippen LogP contribution in [-0.4, -0.2) is 35.7 Å². The smallest absolute Gasteiger partial charge is 0.410 e. The average molecular weight is 363 g/mol. The lowest BCUT2D eigenvalue weighted by Crippen LogP contribution is -2.58. The first-order valence-corrected chi connectivity index (χ1v) is 7.34. The number of halogens is 3. The van der Waals surface area contributed by atoms with Gasteiger partial charge < -0.3 is 15.0 Å². The average Bonchev–Trinajstić information content (AvgIpc) is 2.21. The molecule has 1 saturated heterocycles. The highest BCUT2D eigenvalue weighted by Gasteiger charge is 2.34. The van der Waals surface area contributed by atoms with Gasteiger partial charge in [0.25, 0.3) is 0 Å². The summed E-state index contributed by atoms with van der Waals surface area (Å²) in [5, 5.41) is 2.95. The number of rotatable bonds is 2. The summed E-state index contributed by atoms with van der Waals surface area (Å²) in [5.74, 6) is -1.31. The summed E-state index contributed by atoms with van der Waals surface area (Å²) in [4.78, 5) is 13.3. The van der Waals surface area contributed by atoms with Gasteiger partial charge in [0, 0.05) is 23.6 Å². The minimum Gasteiger partial charge on any atom is -0.444 e. The monoisotopic (exact) mass is 362 g/mol. The van der Waals surface area contributed by atoms with Crippen LogP contribution in [0.5, 0.6) is 0 Å². The van der Waals surface area contributed by atoms with E-state index in [2.05, 4.69) is 21.2 Å². The first-order chi connectivity index (χ1) is 9.65. The first-order valence-electron chi connectivity index (χ1n) is 6.55. The van der Waals surface area contributed by atoms with Crippen LogP contribution in [0.25, 0.3) is 0 Å². The van der Waals surface area contributed by atoms with Crippen LogP contribution in [0.3, 0.4) is 0 Å². The second kappa shape index (κ2) is 5.79. The Bertz CT molecular complexity index is 531. The molecule has 1 N–H and O–H groups in total. The van der Waals surface area contributed by atoms with E-state index >= 15 is 0 Å². The van der Waals surface area contributed by atoms with Gasteiger partial charge in [-0.25, -0.2) is 13.6 Å². The fraction of sp³-hybridized carbons (Fsp3) is 0.500. The maximum absolute atomic E-state index is 13.7. The molecule has 0 saturated carbocycles. The minimum atomic E-state index is -0.669. The molecule has 7 heteroatoms. The Balaban J connectivity index is 1.90. The van der Waals surface area contributed by atoms with Crippen LogP contribution in [0.15, 0.2) is 16.6 Å². The Morgan fingerprint density at radius 2 is 2.00 bits per heavy atom. The summed E-state index contributed by atoms with van der Waals surface area (Å²) in [6.07, 6.45) is -0.390. The van der Waals surface area contributed by atoms with Gasteiger partial charge in [0.1, 0.15) is 17.2 Å². The molecule has 1 fully saturated rings. The van der Waals surface area contributed by atoms with E-state index in [0.717, 1.165) is 6.07 Å². The molecule has 2 rings (SSSR count). The lowest BCUT2D eigenvalue weighted by molar-refractivity contribution is 0.0105. The number of ether oxygens (including phenoxy) is 1. The third kappa shape index (κ3) is 4.06. The fourth-order valence-electron chi connectivity index (χ4n) is 1.93. The first kappa shape index (κ1) is 16.0. The van der Waals surface area contributed by atoms with Gasteiger partial charge in [-0.3, -0.25) is 0 Å². The number of nitrogens with one attached hydrogen (secondary N) is 1. The molecule has 1 aromatic rings. The summed E-state index contributed by atoms with van der Waals surface area (Å²) in [5.41, 5.74) is -0.341. The summed E-state index contributed by atoms with van der Waals surface area (Å²) in [6, 6.07) is 1.92. The second-order valence-electron chi connectivity index (χ2n) is 5.97. The van der Waals surface area contributed by atoms with Crippen molar-refractivity contribution in [3.05, 3.63) is 28.2 Å². The third-order valence-electron chi connectivity index (χ3n) is 2.89. The normalized spacial score (nSPS) is 15.6. The number of amides is 1. The zero-order valence-corrected chi connectivity index (χ0v) is 13.6. The molecular weight excluding hydrogens is 346 g/mol. The number of nitrogens with zero attached hydrogens (tertiary/aromatic N) is 1. The molecule has 1 aliphatic heterocycles. The van der Waals surface area contributed by atoms with Crippen molar-refractivity contribution >= 4 is 27.7 Å². The van der Waals surface area contributed by atoms with Crippen LogP contribution in [0.4, 0.5) is 19.3 Å². The number of hydrogen-bond donors (Lipinski definition) is 1. The van der Waals surface area contributed by atoms with Gasteiger partial charge in [0.2, 0.25) is 0 Å². The maximum atomic E-state index is 13.7. The molecule has 21 heavy (non-hydrogen) atoms. The zero-order valence-electron chi connectivity index (χ0n) is 12.0. The number of anilines is 1. The molecule has 0 radical (unpaired) electrons. The van der Waals surface area contributed by atoms with Gasteiger partial charge in [-0.05, 0) is 42.8 Å². The van der Waals surface area contributed by atoms with E-state index in [9.17, 15) is 13.6 Å². The maximum Gasteiger partial charge on any atom is 0.410 e. The summed E-state index contributed by atoms with van der Waals surface area (Å²) in [7, 11) is 0. The highest BCUT2D eigenvalue weighted by atomic mass is 79.9. The van der Waals surface area contributed by atoms with E-state index in [1.807, 2.05) is 0 Å². The number of carbonyl (C=O) groups excluding carboxylic acids is 1. The van der Waals surface area contributed by atoms with Crippen molar-refractivity contribution in [3.63, 3.8) is 0 Å². The highest BCUT2D eigenvalue weighted by Crippen LogP contribution is 2.29. The Morgan fingerprint density at radius 1 is 1.38 bits per heavy atom. The zero-order chi connectivity index (χ0) is 15.8. The van der Waals surface area contributed by atoms with E-state index in [1.165, 1.54) is 11.0 Å². The van der Waals surface area contributed by atoms with Gasteiger partial charge in [0.05, 0.1) is 11.7 Å². The largest absolute Gasteiger partial charge is 0.444 e. The van der Waals surface area contributed by atoms with Crippen molar-refractivity contribution in [1.82, 2.24) is 4.90 Å². The van der Waals surface area contributed by atoms with Crippen molar-refractivity contribution in [2.24, 2.45) is 0 Å². The van der Waals surface area contributed by atoms with Crippen LogP contribution >= 0.6 is 15.9 Å². The van der Waals surface area contributed by atoms with E-state index in [4.69, 9.17) is 4.74 Å². The SMILES string of the molecule is CC(C)(C)OC(=O)N1CC(Nc2c(F)cc(F)cc2Br)C1. The standard InChI is InChI=1S/C14H17BrF2N2O2/c1-14(2,3)21-13(20)19-6-9(7-19)18-12-10(15)4-8(16)5-11(12)17/h4-5,9,18H,6-7H2,1-3H3. The van der Waals surface area contributed by atoms with Gasteiger partial charge in [-0.1, -0.05) is 0 Å². The Morgan fingerprint density at radius 3 is 2.52 bits per heavy atom. The molecular formula is C14H17BrF2N2O2. The fourth-order valence-corrected chi connectivity index (χ4v) is 2.45. The van der Waals surface area contributed by atoms with Gasteiger partial charge >= 0.3 is 6.09 Å². The molecule has 1 heterocycles. The van der Waals surface area contributed by atoms with E-state index < -0.39 is 17.2 Å². The number of carbonyl (C=O) groups is 1. The van der Waals surface area contributed by atoms with Gasteiger partial charge in [0.15, 0.2) is 0 Å². The number of benzene rings is 1. The lowest BCUT2D eigenvalue weighted by Gasteiger charge is -2.40. The van der Waals surface area contributed by atoms with Crippen molar-refractivity contribution in [1.29, 1.82) is 0 Å². The molecule has 0 aliphatic carbocycles. The molecule has 0 spiro atoms. The Kier molecular flexibility index (Phi) is 4.41. The van der Waals surface area contributed by atoms with Crippen molar-refractivity contribution in [2.45, 2.75) is 32.4 Å². The number of likely N-dealkylation sites (tertiary alicyclic amines) is 1. The molecule has 0 bridgehead atoms. The molecule has 0 atom stereocenters. The second-order valence-corrected chi connectivity index (χ2v) is 6.83. The van der Waals surface area contributed by atoms with Crippen LogP contribution in [-0.2, 0) is 4.74 Å². The lowest BCUT2D eigenvalue weighted by atomic mass is 10.1. The highest BCUT2D eigenvalue weighted by molar-refractivity contribution is 9.10. The van der Waals surface area contributed by atoms with E-state index in [0.29, 0.717) is 17.6 Å². The number of hydrogen-bond acceptors (Lipinski definition) is 3. The molecule has 1 aliphatic rings. The predicted octanol–water partition coefficient (Wildman–Crippen LogP) is 3.76. The predicted molar refractivity (Wildman–Crippen MR) is 79.3 cm³/mol. The van der Waals surface area contributed by atoms with Crippen LogP contribution in [0.2, 0.25) is 0 Å². The minimum absolute atomic E-state index is 0.0891. The van der Waals surface area contributed by atoms with Crippen molar-refractivity contribution < 1.29 is 18.3 Å². The molecule has 116 valence electrons. The van der Waals surface area contributed by atoms with Crippen molar-refractivity contribution in [2.75, 3.05) is 18.4 Å².